The highest BCUT2D eigenvalue weighted by atomic mass is 16.5. The van der Waals surface area contributed by atoms with Crippen LogP contribution in [0.4, 0.5) is 0 Å². The van der Waals surface area contributed by atoms with Crippen LogP contribution < -0.4 is 0 Å². The van der Waals surface area contributed by atoms with Crippen LogP contribution in [0.15, 0.2) is 97.6 Å². The minimum atomic E-state index is 0.0273. The number of hydrogen-bond donors (Lipinski definition) is 0. The lowest BCUT2D eigenvalue weighted by Crippen LogP contribution is -2.53. The smallest absolute Gasteiger partial charge is 0.224 e. The van der Waals surface area contributed by atoms with E-state index in [-0.39, 0.29) is 23.9 Å². The number of aromatic nitrogens is 1. The van der Waals surface area contributed by atoms with Gasteiger partial charge in [0.1, 0.15) is 0 Å². The van der Waals surface area contributed by atoms with Crippen LogP contribution in [-0.2, 0) is 29.1 Å². The van der Waals surface area contributed by atoms with Gasteiger partial charge in [0.25, 0.3) is 0 Å². The number of nitrogens with zero attached hydrogens (tertiary/aromatic N) is 2. The van der Waals surface area contributed by atoms with Crippen molar-refractivity contribution in [3.63, 3.8) is 0 Å². The van der Waals surface area contributed by atoms with E-state index in [1.54, 1.807) is 0 Å². The maximum atomic E-state index is 13.5. The first kappa shape index (κ1) is 22.8. The first-order valence-corrected chi connectivity index (χ1v) is 12.9. The van der Waals surface area contributed by atoms with Crippen molar-refractivity contribution in [2.75, 3.05) is 6.61 Å². The molecule has 3 atom stereocenters. The third kappa shape index (κ3) is 4.16. The Morgan fingerprint density at radius 3 is 2.33 bits per heavy atom. The number of amides is 1. The average Bonchev–Trinajstić information content (AvgIpc) is 3.23. The molecule has 0 bridgehead atoms. The standard InChI is InChI=1S/C32H32N2O2/c1-2-23-17-30-32-28(27-15-9-10-16-29(27)33(32)20-24-11-5-3-6-12-24)19-26(34(30)31(35)18-23)22-36-21-25-13-7-4-8-14-25/h2-16,23,26,30H,1,17-22H2/t23-,26-,30+/m0/s1. The largest absolute Gasteiger partial charge is 0.375 e. The zero-order valence-electron chi connectivity index (χ0n) is 20.6. The van der Waals surface area contributed by atoms with Gasteiger partial charge in [-0.25, -0.2) is 0 Å². The zero-order chi connectivity index (χ0) is 24.5. The molecule has 3 heterocycles. The molecule has 0 N–H and O–H groups in total. The number of allylic oxidation sites excluding steroid dienone is 1. The molecule has 4 aromatic rings. The molecule has 2 aliphatic heterocycles. The van der Waals surface area contributed by atoms with Crippen molar-refractivity contribution in [3.8, 4) is 0 Å². The third-order valence-corrected chi connectivity index (χ3v) is 7.79. The minimum Gasteiger partial charge on any atom is -0.375 e. The lowest BCUT2D eigenvalue weighted by Gasteiger charge is -2.47. The van der Waals surface area contributed by atoms with E-state index in [1.807, 2.05) is 24.3 Å². The van der Waals surface area contributed by atoms with Crippen LogP contribution in [0.5, 0.6) is 0 Å². The Hall–Kier alpha value is -3.63. The number of carbonyl (C=O) groups excluding carboxylic acids is 1. The molecule has 0 radical (unpaired) electrons. The second-order valence-electron chi connectivity index (χ2n) is 10.1. The normalized spacial score (nSPS) is 21.3. The number of carbonyl (C=O) groups is 1. The molecular weight excluding hydrogens is 444 g/mol. The van der Waals surface area contributed by atoms with E-state index < -0.39 is 0 Å². The SMILES string of the molecule is C=C[C@@H]1CC(=O)N2[C@H](COCc3ccccc3)Cc3c(n(Cc4ccccc4)c4ccccc34)[C@H]2C1. The summed E-state index contributed by atoms with van der Waals surface area (Å²) in [6.07, 6.45) is 4.22. The second kappa shape index (κ2) is 9.79. The van der Waals surface area contributed by atoms with Gasteiger partial charge in [0.05, 0.1) is 25.3 Å². The van der Waals surface area contributed by atoms with Crippen molar-refractivity contribution < 1.29 is 9.53 Å². The summed E-state index contributed by atoms with van der Waals surface area (Å²) >= 11 is 0. The summed E-state index contributed by atoms with van der Waals surface area (Å²) in [5.74, 6) is 0.408. The zero-order valence-corrected chi connectivity index (χ0v) is 20.6. The minimum absolute atomic E-state index is 0.0273. The average molecular weight is 477 g/mol. The van der Waals surface area contributed by atoms with Gasteiger partial charge in [0.15, 0.2) is 0 Å². The summed E-state index contributed by atoms with van der Waals surface area (Å²) < 4.78 is 8.67. The number of fused-ring (bicyclic) bond motifs is 5. The fraction of sp³-hybridized carbons (Fsp3) is 0.281. The molecule has 0 saturated carbocycles. The Morgan fingerprint density at radius 1 is 0.889 bits per heavy atom. The number of hydrogen-bond acceptors (Lipinski definition) is 2. The molecule has 1 aromatic heterocycles. The van der Waals surface area contributed by atoms with E-state index in [2.05, 4.69) is 82.8 Å². The van der Waals surface area contributed by atoms with E-state index >= 15 is 0 Å². The van der Waals surface area contributed by atoms with Gasteiger partial charge in [-0.2, -0.15) is 0 Å². The van der Waals surface area contributed by atoms with E-state index in [0.717, 1.165) is 24.9 Å². The quantitative estimate of drug-likeness (QED) is 0.294. The maximum absolute atomic E-state index is 13.5. The van der Waals surface area contributed by atoms with Gasteiger partial charge in [-0.3, -0.25) is 4.79 Å². The topological polar surface area (TPSA) is 34.5 Å². The highest BCUT2D eigenvalue weighted by Crippen LogP contribution is 2.46. The van der Waals surface area contributed by atoms with E-state index in [9.17, 15) is 4.79 Å². The van der Waals surface area contributed by atoms with Gasteiger partial charge in [-0.05, 0) is 41.5 Å². The summed E-state index contributed by atoms with van der Waals surface area (Å²) in [5.41, 5.74) is 6.32. The lowest BCUT2D eigenvalue weighted by atomic mass is 9.81. The van der Waals surface area contributed by atoms with Crippen molar-refractivity contribution in [2.24, 2.45) is 5.92 Å². The Labute approximate surface area is 212 Å². The van der Waals surface area contributed by atoms with Crippen molar-refractivity contribution in [1.82, 2.24) is 9.47 Å². The molecule has 3 aromatic carbocycles. The van der Waals surface area contributed by atoms with Gasteiger partial charge in [0.2, 0.25) is 5.91 Å². The summed E-state index contributed by atoms with van der Waals surface area (Å²) in [6, 6.07) is 29.6. The molecule has 1 fully saturated rings. The highest BCUT2D eigenvalue weighted by molar-refractivity contribution is 5.88. The van der Waals surface area contributed by atoms with Crippen LogP contribution in [0.3, 0.4) is 0 Å². The van der Waals surface area contributed by atoms with Crippen LogP contribution in [0.2, 0.25) is 0 Å². The van der Waals surface area contributed by atoms with Crippen molar-refractivity contribution in [2.45, 2.75) is 44.5 Å². The Bertz CT molecular complexity index is 1380. The molecule has 36 heavy (non-hydrogen) atoms. The summed E-state index contributed by atoms with van der Waals surface area (Å²) in [7, 11) is 0. The number of piperidine rings is 1. The van der Waals surface area contributed by atoms with Gasteiger partial charge < -0.3 is 14.2 Å². The molecule has 0 unspecified atom stereocenters. The highest BCUT2D eigenvalue weighted by Gasteiger charge is 2.44. The van der Waals surface area contributed by atoms with Crippen molar-refractivity contribution in [1.29, 1.82) is 0 Å². The van der Waals surface area contributed by atoms with Crippen molar-refractivity contribution in [3.05, 3.63) is 120 Å². The number of rotatable bonds is 7. The molecule has 0 aliphatic carbocycles. The van der Waals surface area contributed by atoms with Gasteiger partial charge >= 0.3 is 0 Å². The van der Waals surface area contributed by atoms with Crippen LogP contribution in [0, 0.1) is 5.92 Å². The second-order valence-corrected chi connectivity index (χ2v) is 10.1. The fourth-order valence-corrected chi connectivity index (χ4v) is 6.16. The van der Waals surface area contributed by atoms with Crippen LogP contribution in [-0.4, -0.2) is 28.0 Å². The first-order valence-electron chi connectivity index (χ1n) is 12.9. The fourth-order valence-electron chi connectivity index (χ4n) is 6.16. The third-order valence-electron chi connectivity index (χ3n) is 7.79. The first-order chi connectivity index (χ1) is 17.7. The Kier molecular flexibility index (Phi) is 6.20. The molecule has 182 valence electrons. The summed E-state index contributed by atoms with van der Waals surface area (Å²) in [6.45, 7) is 5.93. The van der Waals surface area contributed by atoms with Crippen LogP contribution >= 0.6 is 0 Å². The maximum Gasteiger partial charge on any atom is 0.224 e. The van der Waals surface area contributed by atoms with Gasteiger partial charge in [-0.15, -0.1) is 6.58 Å². The number of ether oxygens (including phenoxy) is 1. The Morgan fingerprint density at radius 2 is 1.58 bits per heavy atom. The Balaban J connectivity index is 1.40. The van der Waals surface area contributed by atoms with Gasteiger partial charge in [0, 0.05) is 29.6 Å². The van der Waals surface area contributed by atoms with Crippen LogP contribution in [0.25, 0.3) is 10.9 Å². The summed E-state index contributed by atoms with van der Waals surface area (Å²) in [5, 5.41) is 1.30. The number of para-hydroxylation sites is 1. The van der Waals surface area contributed by atoms with E-state index in [1.165, 1.54) is 27.7 Å². The predicted octanol–water partition coefficient (Wildman–Crippen LogP) is 6.30. The predicted molar refractivity (Wildman–Crippen MR) is 144 cm³/mol. The molecule has 2 aliphatic rings. The molecule has 4 nitrogen and oxygen atoms in total. The molecule has 0 spiro atoms. The van der Waals surface area contributed by atoms with E-state index in [4.69, 9.17) is 4.74 Å². The molecule has 1 saturated heterocycles. The molecule has 1 amide bonds. The van der Waals surface area contributed by atoms with Gasteiger partial charge in [-0.1, -0.05) is 84.9 Å². The lowest BCUT2D eigenvalue weighted by molar-refractivity contribution is -0.144. The molecule has 6 rings (SSSR count). The monoisotopic (exact) mass is 476 g/mol. The van der Waals surface area contributed by atoms with E-state index in [0.29, 0.717) is 19.6 Å². The summed E-state index contributed by atoms with van der Waals surface area (Å²) in [4.78, 5) is 15.7. The van der Waals surface area contributed by atoms with Crippen LogP contribution in [0.1, 0.15) is 41.3 Å². The molecular formula is C32H32N2O2. The molecule has 4 heteroatoms. The number of benzene rings is 3. The van der Waals surface area contributed by atoms with Crippen molar-refractivity contribution >= 4 is 16.8 Å².